The molecule has 1 unspecified atom stereocenters. The average Bonchev–Trinajstić information content (AvgIpc) is 2.86. The van der Waals surface area contributed by atoms with Crippen molar-refractivity contribution < 1.29 is 45.1 Å². The van der Waals surface area contributed by atoms with Crippen LogP contribution in [0.3, 0.4) is 0 Å². The summed E-state index contributed by atoms with van der Waals surface area (Å²) in [5.74, 6) is -1.02. The summed E-state index contributed by atoms with van der Waals surface area (Å²) in [5.41, 5.74) is -2.08. The Hall–Kier alpha value is -3.31. The highest BCUT2D eigenvalue weighted by Crippen LogP contribution is 2.41. The fraction of sp³-hybridized carbons (Fsp3) is 0.500. The molecule has 1 heterocycles. The number of alkyl halides is 6. The molecule has 0 bridgehead atoms. The Labute approximate surface area is 227 Å². The first-order chi connectivity index (χ1) is 18.5. The van der Waals surface area contributed by atoms with E-state index in [4.69, 9.17) is 4.74 Å². The van der Waals surface area contributed by atoms with Crippen LogP contribution in [0.5, 0.6) is 0 Å². The van der Waals surface area contributed by atoms with Crippen LogP contribution in [0.1, 0.15) is 73.0 Å². The van der Waals surface area contributed by atoms with E-state index >= 15 is 0 Å². The third kappa shape index (κ3) is 7.25. The largest absolute Gasteiger partial charge is 0.466 e. The maximum atomic E-state index is 13.8. The lowest BCUT2D eigenvalue weighted by Crippen LogP contribution is -2.48. The van der Waals surface area contributed by atoms with Gasteiger partial charge >= 0.3 is 24.4 Å². The third-order valence-corrected chi connectivity index (χ3v) is 7.28. The molecule has 0 spiro atoms. The number of likely N-dealkylation sites (tertiary alicyclic amines) is 1. The molecule has 3 rings (SSSR count). The maximum Gasteiger partial charge on any atom is 0.416 e. The van der Waals surface area contributed by atoms with Gasteiger partial charge in [0.2, 0.25) is 0 Å². The Morgan fingerprint density at radius 2 is 1.65 bits per heavy atom. The van der Waals surface area contributed by atoms with Gasteiger partial charge in [-0.25, -0.2) is 9.18 Å². The molecule has 3 atom stereocenters. The van der Waals surface area contributed by atoms with E-state index < -0.39 is 53.4 Å². The number of carbonyl (C=O) groups excluding carboxylic acids is 2. The minimum atomic E-state index is -5.02. The molecule has 0 saturated carbocycles. The number of benzene rings is 2. The Morgan fingerprint density at radius 3 is 2.17 bits per heavy atom. The molecule has 2 aromatic carbocycles. The van der Waals surface area contributed by atoms with Crippen molar-refractivity contribution in [2.24, 2.45) is 5.92 Å². The van der Waals surface area contributed by atoms with E-state index in [1.54, 1.807) is 13.8 Å². The van der Waals surface area contributed by atoms with Crippen molar-refractivity contribution in [1.29, 1.82) is 0 Å². The van der Waals surface area contributed by atoms with Gasteiger partial charge in [0.15, 0.2) is 0 Å². The van der Waals surface area contributed by atoms with Crippen LogP contribution < -0.4 is 0 Å². The summed E-state index contributed by atoms with van der Waals surface area (Å²) in [6, 6.07) is 2.96. The van der Waals surface area contributed by atoms with E-state index in [0.29, 0.717) is 36.1 Å². The summed E-state index contributed by atoms with van der Waals surface area (Å²) in [5, 5.41) is 0. The highest BCUT2D eigenvalue weighted by Gasteiger charge is 2.39. The lowest BCUT2D eigenvalue weighted by Gasteiger charge is -2.43. The number of urea groups is 1. The molecule has 2 amide bonds. The van der Waals surface area contributed by atoms with Crippen LogP contribution in [0, 0.1) is 18.7 Å². The standard InChI is InChI=1S/C28H31F7N2O3/c1-5-40-25(38)12-18-8-9-37(24(11-18)23-7-6-22(29)10-16(23)2)26(39)36(4)17(3)19-13-20(27(30,31)32)15-21(14-19)28(33,34)35/h6-7,10,13-15,17-18,24H,5,8-9,11-12H2,1-4H3/t17-,18?,24-/m1/s1. The number of hydrogen-bond acceptors (Lipinski definition) is 3. The van der Waals surface area contributed by atoms with E-state index in [2.05, 4.69) is 0 Å². The molecular formula is C28H31F7N2O3. The second-order valence-electron chi connectivity index (χ2n) is 10.0. The number of halogens is 7. The van der Waals surface area contributed by atoms with Crippen molar-refractivity contribution in [2.75, 3.05) is 20.2 Å². The first-order valence-electron chi connectivity index (χ1n) is 12.8. The van der Waals surface area contributed by atoms with Crippen LogP contribution in [0.4, 0.5) is 35.5 Å². The molecule has 1 aliphatic rings. The number of piperidine rings is 1. The average molecular weight is 577 g/mol. The predicted octanol–water partition coefficient (Wildman–Crippen LogP) is 7.69. The van der Waals surface area contributed by atoms with Gasteiger partial charge in [-0.05, 0) is 86.6 Å². The van der Waals surface area contributed by atoms with E-state index in [9.17, 15) is 40.3 Å². The Kier molecular flexibility index (Phi) is 9.41. The summed E-state index contributed by atoms with van der Waals surface area (Å²) in [6.45, 7) is 5.08. The molecule has 40 heavy (non-hydrogen) atoms. The number of nitrogens with zero attached hydrogens (tertiary/aromatic N) is 2. The molecule has 1 aliphatic heterocycles. The van der Waals surface area contributed by atoms with E-state index in [0.717, 1.165) is 4.90 Å². The van der Waals surface area contributed by atoms with Gasteiger partial charge < -0.3 is 14.5 Å². The van der Waals surface area contributed by atoms with Gasteiger partial charge in [0, 0.05) is 20.0 Å². The topological polar surface area (TPSA) is 49.9 Å². The van der Waals surface area contributed by atoms with Gasteiger partial charge in [-0.1, -0.05) is 6.07 Å². The number of amides is 2. The molecule has 2 aromatic rings. The predicted molar refractivity (Wildman–Crippen MR) is 133 cm³/mol. The molecule has 0 radical (unpaired) electrons. The summed E-state index contributed by atoms with van der Waals surface area (Å²) in [6.07, 6.45) is -9.18. The highest BCUT2D eigenvalue weighted by atomic mass is 19.4. The van der Waals surface area contributed by atoms with Gasteiger partial charge in [-0.3, -0.25) is 4.79 Å². The van der Waals surface area contributed by atoms with Gasteiger partial charge in [0.25, 0.3) is 0 Å². The van der Waals surface area contributed by atoms with Gasteiger partial charge in [-0.15, -0.1) is 0 Å². The second kappa shape index (κ2) is 12.1. The number of carbonyl (C=O) groups is 2. The van der Waals surface area contributed by atoms with Crippen molar-refractivity contribution >= 4 is 12.0 Å². The smallest absolute Gasteiger partial charge is 0.416 e. The second-order valence-corrected chi connectivity index (χ2v) is 10.0. The Balaban J connectivity index is 1.95. The monoisotopic (exact) mass is 576 g/mol. The van der Waals surface area contributed by atoms with Gasteiger partial charge in [0.05, 0.1) is 29.8 Å². The molecule has 1 saturated heterocycles. The lowest BCUT2D eigenvalue weighted by molar-refractivity contribution is -0.145. The molecule has 220 valence electrons. The van der Waals surface area contributed by atoms with Crippen LogP contribution in [0.15, 0.2) is 36.4 Å². The van der Waals surface area contributed by atoms with Crippen LogP contribution in [0.25, 0.3) is 0 Å². The zero-order chi connectivity index (χ0) is 30.0. The van der Waals surface area contributed by atoms with E-state index in [-0.39, 0.29) is 37.1 Å². The maximum absolute atomic E-state index is 13.8. The Morgan fingerprint density at radius 1 is 1.05 bits per heavy atom. The minimum Gasteiger partial charge on any atom is -0.466 e. The summed E-state index contributed by atoms with van der Waals surface area (Å²) >= 11 is 0. The van der Waals surface area contributed by atoms with Crippen LogP contribution >= 0.6 is 0 Å². The number of ether oxygens (including phenoxy) is 1. The molecule has 1 fully saturated rings. The van der Waals surface area contributed by atoms with Crippen molar-refractivity contribution in [2.45, 2.75) is 64.5 Å². The quantitative estimate of drug-likeness (QED) is 0.262. The van der Waals surface area contributed by atoms with Crippen LogP contribution in [-0.4, -0.2) is 42.0 Å². The van der Waals surface area contributed by atoms with Crippen molar-refractivity contribution in [3.8, 4) is 0 Å². The van der Waals surface area contributed by atoms with Crippen molar-refractivity contribution in [1.82, 2.24) is 9.80 Å². The first kappa shape index (κ1) is 31.2. The Bertz CT molecular complexity index is 1200. The fourth-order valence-electron chi connectivity index (χ4n) is 5.03. The van der Waals surface area contributed by atoms with Crippen LogP contribution in [-0.2, 0) is 21.9 Å². The number of rotatable bonds is 6. The fourth-order valence-corrected chi connectivity index (χ4v) is 5.03. The van der Waals surface area contributed by atoms with Crippen LogP contribution in [0.2, 0.25) is 0 Å². The number of hydrogen-bond donors (Lipinski definition) is 0. The highest BCUT2D eigenvalue weighted by molar-refractivity contribution is 5.76. The van der Waals surface area contributed by atoms with Gasteiger partial charge in [0.1, 0.15) is 5.82 Å². The minimum absolute atomic E-state index is 0.0414. The molecular weight excluding hydrogens is 545 g/mol. The normalized spacial score (nSPS) is 18.8. The number of aryl methyl sites for hydroxylation is 1. The van der Waals surface area contributed by atoms with E-state index in [1.807, 2.05) is 0 Å². The molecule has 0 aromatic heterocycles. The summed E-state index contributed by atoms with van der Waals surface area (Å²) in [7, 11) is 1.31. The summed E-state index contributed by atoms with van der Waals surface area (Å²) < 4.78 is 99.4. The lowest BCUT2D eigenvalue weighted by atomic mass is 9.84. The first-order valence-corrected chi connectivity index (χ1v) is 12.8. The molecule has 12 heteroatoms. The molecule has 0 aliphatic carbocycles. The zero-order valence-corrected chi connectivity index (χ0v) is 22.5. The summed E-state index contributed by atoms with van der Waals surface area (Å²) in [4.78, 5) is 28.4. The molecule has 5 nitrogen and oxygen atoms in total. The zero-order valence-electron chi connectivity index (χ0n) is 22.5. The third-order valence-electron chi connectivity index (χ3n) is 7.28. The van der Waals surface area contributed by atoms with Crippen molar-refractivity contribution in [3.63, 3.8) is 0 Å². The van der Waals surface area contributed by atoms with E-state index in [1.165, 1.54) is 37.1 Å². The van der Waals surface area contributed by atoms with Gasteiger partial charge in [-0.2, -0.15) is 26.3 Å². The molecule has 0 N–H and O–H groups in total. The SMILES string of the molecule is CCOC(=O)CC1CCN(C(=O)N(C)[C@H](C)c2cc(C(F)(F)F)cc(C(F)(F)F)c2)[C@@H](c2ccc(F)cc2C)C1. The van der Waals surface area contributed by atoms with Crippen molar-refractivity contribution in [3.05, 3.63) is 70.0 Å². The number of esters is 1.